The molecule has 3 fully saturated rings. The van der Waals surface area contributed by atoms with Crippen LogP contribution in [0.25, 0.3) is 0 Å². The summed E-state index contributed by atoms with van der Waals surface area (Å²) in [7, 11) is 0. The molecule has 2 saturated heterocycles. The molecule has 0 radical (unpaired) electrons. The van der Waals surface area contributed by atoms with Crippen molar-refractivity contribution in [2.45, 2.75) is 51.7 Å². The van der Waals surface area contributed by atoms with Gasteiger partial charge >= 0.3 is 5.97 Å². The molecule has 3 heteroatoms. The predicted molar refractivity (Wildman–Crippen MR) is 58.5 cm³/mol. The average molecular weight is 211 g/mol. The molecule has 1 N–H and O–H groups in total. The van der Waals surface area contributed by atoms with E-state index in [1.807, 2.05) is 20.8 Å². The van der Waals surface area contributed by atoms with Crippen LogP contribution in [0.3, 0.4) is 0 Å². The van der Waals surface area contributed by atoms with Gasteiger partial charge in [-0.3, -0.25) is 4.79 Å². The number of rotatable bonds is 1. The zero-order valence-corrected chi connectivity index (χ0v) is 9.88. The highest BCUT2D eigenvalue weighted by Gasteiger charge is 2.41. The van der Waals surface area contributed by atoms with Crippen LogP contribution in [0, 0.1) is 11.8 Å². The van der Waals surface area contributed by atoms with Gasteiger partial charge in [-0.05, 0) is 52.5 Å². The molecule has 3 rings (SSSR count). The van der Waals surface area contributed by atoms with Crippen LogP contribution in [0.2, 0.25) is 0 Å². The first-order valence-electron chi connectivity index (χ1n) is 5.92. The molecule has 86 valence electrons. The SMILES string of the molecule is CC(C)(C)OC(=O)C1CC2CCC1NC2. The number of esters is 1. The van der Waals surface area contributed by atoms with Crippen LogP contribution in [0.5, 0.6) is 0 Å². The van der Waals surface area contributed by atoms with Gasteiger partial charge in [-0.15, -0.1) is 0 Å². The van der Waals surface area contributed by atoms with Crippen LogP contribution in [-0.4, -0.2) is 24.2 Å². The van der Waals surface area contributed by atoms with E-state index in [1.165, 1.54) is 6.42 Å². The lowest BCUT2D eigenvalue weighted by Crippen LogP contribution is -2.53. The summed E-state index contributed by atoms with van der Waals surface area (Å²) in [5.41, 5.74) is -0.353. The number of fused-ring (bicyclic) bond motifs is 3. The van der Waals surface area contributed by atoms with Gasteiger partial charge < -0.3 is 10.1 Å². The van der Waals surface area contributed by atoms with Gasteiger partial charge in [-0.2, -0.15) is 0 Å². The molecule has 3 aliphatic rings. The van der Waals surface area contributed by atoms with Crippen LogP contribution in [0.1, 0.15) is 40.0 Å². The lowest BCUT2D eigenvalue weighted by atomic mass is 9.74. The van der Waals surface area contributed by atoms with Crippen LogP contribution in [0.4, 0.5) is 0 Å². The van der Waals surface area contributed by atoms with E-state index >= 15 is 0 Å². The molecule has 1 saturated carbocycles. The summed E-state index contributed by atoms with van der Waals surface area (Å²) in [6.07, 6.45) is 3.43. The molecule has 2 aliphatic heterocycles. The van der Waals surface area contributed by atoms with Crippen molar-refractivity contribution in [2.24, 2.45) is 11.8 Å². The Morgan fingerprint density at radius 3 is 2.47 bits per heavy atom. The Balaban J connectivity index is 1.96. The molecule has 1 aliphatic carbocycles. The van der Waals surface area contributed by atoms with Crippen molar-refractivity contribution in [1.82, 2.24) is 5.32 Å². The number of piperidine rings is 2. The third-order valence-corrected chi connectivity index (χ3v) is 3.34. The number of carbonyl (C=O) groups is 1. The molecule has 3 nitrogen and oxygen atoms in total. The molecular weight excluding hydrogens is 190 g/mol. The van der Waals surface area contributed by atoms with Gasteiger partial charge in [0.25, 0.3) is 0 Å². The second kappa shape index (κ2) is 3.78. The molecule has 3 unspecified atom stereocenters. The van der Waals surface area contributed by atoms with Crippen LogP contribution in [-0.2, 0) is 9.53 Å². The third-order valence-electron chi connectivity index (χ3n) is 3.34. The molecule has 0 aromatic heterocycles. The zero-order valence-electron chi connectivity index (χ0n) is 9.88. The minimum Gasteiger partial charge on any atom is -0.460 e. The van der Waals surface area contributed by atoms with Gasteiger partial charge in [-0.25, -0.2) is 0 Å². The molecular formula is C12H21NO2. The van der Waals surface area contributed by atoms with E-state index in [4.69, 9.17) is 4.74 Å². The van der Waals surface area contributed by atoms with Gasteiger partial charge in [0.15, 0.2) is 0 Å². The highest BCUT2D eigenvalue weighted by Crippen LogP contribution is 2.34. The summed E-state index contributed by atoms with van der Waals surface area (Å²) in [5.74, 6) is 0.772. The first-order valence-corrected chi connectivity index (χ1v) is 5.92. The largest absolute Gasteiger partial charge is 0.460 e. The van der Waals surface area contributed by atoms with Gasteiger partial charge in [0.05, 0.1) is 5.92 Å². The Morgan fingerprint density at radius 1 is 1.33 bits per heavy atom. The summed E-state index contributed by atoms with van der Waals surface area (Å²) in [6.45, 7) is 6.88. The topological polar surface area (TPSA) is 38.3 Å². The normalized spacial score (nSPS) is 35.3. The van der Waals surface area contributed by atoms with E-state index in [9.17, 15) is 4.79 Å². The van der Waals surface area contributed by atoms with Crippen molar-refractivity contribution in [3.8, 4) is 0 Å². The highest BCUT2D eigenvalue weighted by atomic mass is 16.6. The first kappa shape index (κ1) is 10.9. The fraction of sp³-hybridized carbons (Fsp3) is 0.917. The Morgan fingerprint density at radius 2 is 2.07 bits per heavy atom. The third kappa shape index (κ3) is 2.51. The molecule has 2 heterocycles. The van der Waals surface area contributed by atoms with E-state index < -0.39 is 0 Å². The zero-order chi connectivity index (χ0) is 11.1. The molecule has 3 atom stereocenters. The second-order valence-corrected chi connectivity index (χ2v) is 5.83. The number of hydrogen-bond acceptors (Lipinski definition) is 3. The monoisotopic (exact) mass is 211 g/mol. The van der Waals surface area contributed by atoms with Crippen molar-refractivity contribution in [3.05, 3.63) is 0 Å². The quantitative estimate of drug-likeness (QED) is 0.671. The van der Waals surface area contributed by atoms with Crippen LogP contribution >= 0.6 is 0 Å². The summed E-state index contributed by atoms with van der Waals surface area (Å²) >= 11 is 0. The van der Waals surface area contributed by atoms with E-state index in [0.717, 1.165) is 19.4 Å². The maximum Gasteiger partial charge on any atom is 0.311 e. The molecule has 2 bridgehead atoms. The lowest BCUT2D eigenvalue weighted by molar-refractivity contribution is -0.164. The van der Waals surface area contributed by atoms with Gasteiger partial charge in [0, 0.05) is 6.04 Å². The van der Waals surface area contributed by atoms with Crippen LogP contribution < -0.4 is 5.32 Å². The van der Waals surface area contributed by atoms with Crippen molar-refractivity contribution in [3.63, 3.8) is 0 Å². The summed E-state index contributed by atoms with van der Waals surface area (Å²) in [6, 6.07) is 0.366. The molecule has 0 spiro atoms. The number of ether oxygens (including phenoxy) is 1. The van der Waals surface area contributed by atoms with Crippen molar-refractivity contribution in [2.75, 3.05) is 6.54 Å². The summed E-state index contributed by atoms with van der Waals surface area (Å²) < 4.78 is 5.45. The molecule has 0 amide bonds. The van der Waals surface area contributed by atoms with Gasteiger partial charge in [0.1, 0.15) is 5.60 Å². The van der Waals surface area contributed by atoms with E-state index in [1.54, 1.807) is 0 Å². The van der Waals surface area contributed by atoms with E-state index in [-0.39, 0.29) is 17.5 Å². The van der Waals surface area contributed by atoms with Crippen molar-refractivity contribution >= 4 is 5.97 Å². The Kier molecular flexibility index (Phi) is 2.75. The Bertz CT molecular complexity index is 249. The molecule has 15 heavy (non-hydrogen) atoms. The van der Waals surface area contributed by atoms with E-state index in [0.29, 0.717) is 12.0 Å². The molecule has 0 aromatic carbocycles. The van der Waals surface area contributed by atoms with Crippen LogP contribution in [0.15, 0.2) is 0 Å². The maximum atomic E-state index is 11.9. The highest BCUT2D eigenvalue weighted by molar-refractivity contribution is 5.74. The smallest absolute Gasteiger partial charge is 0.311 e. The summed E-state index contributed by atoms with van der Waals surface area (Å²) in [5, 5.41) is 3.43. The second-order valence-electron chi connectivity index (χ2n) is 5.83. The van der Waals surface area contributed by atoms with E-state index in [2.05, 4.69) is 5.32 Å². The molecule has 0 aromatic rings. The minimum atomic E-state index is -0.353. The fourth-order valence-corrected chi connectivity index (χ4v) is 2.64. The minimum absolute atomic E-state index is 0.00981. The maximum absolute atomic E-state index is 11.9. The Hall–Kier alpha value is -0.570. The fourth-order valence-electron chi connectivity index (χ4n) is 2.64. The number of carbonyl (C=O) groups excluding carboxylic acids is 1. The first-order chi connectivity index (χ1) is 6.96. The van der Waals surface area contributed by atoms with Gasteiger partial charge in [-0.1, -0.05) is 0 Å². The van der Waals surface area contributed by atoms with Crippen molar-refractivity contribution in [1.29, 1.82) is 0 Å². The predicted octanol–water partition coefficient (Wildman–Crippen LogP) is 1.72. The average Bonchev–Trinajstić information content (AvgIpc) is 2.17. The number of hydrogen-bond donors (Lipinski definition) is 1. The number of nitrogens with one attached hydrogen (secondary N) is 1. The van der Waals surface area contributed by atoms with Gasteiger partial charge in [0.2, 0.25) is 0 Å². The summed E-state index contributed by atoms with van der Waals surface area (Å²) in [4.78, 5) is 11.9. The standard InChI is InChI=1S/C12H21NO2/c1-12(2,3)15-11(14)9-6-8-4-5-10(9)13-7-8/h8-10,13H,4-7H2,1-3H3. The Labute approximate surface area is 91.6 Å². The lowest BCUT2D eigenvalue weighted by Gasteiger charge is -2.42. The van der Waals surface area contributed by atoms with Crippen molar-refractivity contribution < 1.29 is 9.53 Å².